The zero-order valence-electron chi connectivity index (χ0n) is 18.6. The van der Waals surface area contributed by atoms with Crippen LogP contribution >= 0.6 is 11.6 Å². The van der Waals surface area contributed by atoms with Gasteiger partial charge in [0.1, 0.15) is 5.82 Å². The van der Waals surface area contributed by atoms with Gasteiger partial charge in [-0.25, -0.2) is 14.4 Å². The van der Waals surface area contributed by atoms with Crippen LogP contribution in [-0.4, -0.2) is 24.2 Å². The summed E-state index contributed by atoms with van der Waals surface area (Å²) in [6.07, 6.45) is 1.78. The Kier molecular flexibility index (Phi) is 6.04. The zero-order chi connectivity index (χ0) is 23.7. The highest BCUT2D eigenvalue weighted by atomic mass is 35.5. The predicted octanol–water partition coefficient (Wildman–Crippen LogP) is 5.89. The average molecular weight is 477 g/mol. The maximum atomic E-state index is 14.7. The minimum atomic E-state index is -0.383. The number of rotatable bonds is 5. The fourth-order valence-electron chi connectivity index (χ4n) is 4.17. The first-order chi connectivity index (χ1) is 16.6. The molecule has 3 aromatic carbocycles. The van der Waals surface area contributed by atoms with E-state index in [2.05, 4.69) is 15.6 Å². The van der Waals surface area contributed by atoms with E-state index < -0.39 is 0 Å². The minimum Gasteiger partial charge on any atom is -0.493 e. The first-order valence-corrected chi connectivity index (χ1v) is 11.1. The molecule has 1 aromatic heterocycles. The summed E-state index contributed by atoms with van der Waals surface area (Å²) in [6.45, 7) is 0.470. The first-order valence-electron chi connectivity index (χ1n) is 10.7. The van der Waals surface area contributed by atoms with Gasteiger partial charge in [-0.15, -0.1) is 0 Å². The van der Waals surface area contributed by atoms with Crippen LogP contribution in [0.2, 0.25) is 5.02 Å². The minimum absolute atomic E-state index is 0.279. The molecule has 172 valence electrons. The molecule has 6 nitrogen and oxygen atoms in total. The number of hydrogen-bond donors (Lipinski definition) is 2. The third-order valence-corrected chi connectivity index (χ3v) is 6.03. The molecule has 1 aliphatic heterocycles. The molecular weight excluding hydrogens is 455 g/mol. The van der Waals surface area contributed by atoms with Gasteiger partial charge in [0.05, 0.1) is 26.0 Å². The molecule has 0 amide bonds. The number of ether oxygens (including phenoxy) is 2. The summed E-state index contributed by atoms with van der Waals surface area (Å²) in [7, 11) is 3.18. The fraction of sp³-hybridized carbons (Fsp3) is 0.154. The highest BCUT2D eigenvalue weighted by molar-refractivity contribution is 6.30. The van der Waals surface area contributed by atoms with Gasteiger partial charge in [0, 0.05) is 46.2 Å². The van der Waals surface area contributed by atoms with E-state index >= 15 is 0 Å². The number of nitrogens with zero attached hydrogens (tertiary/aromatic N) is 2. The van der Waals surface area contributed by atoms with Gasteiger partial charge in [0.25, 0.3) is 0 Å². The van der Waals surface area contributed by atoms with Crippen molar-refractivity contribution in [2.24, 2.45) is 0 Å². The SMILES string of the molecule is COc1ccc(Nc2ncc3c(n2)-c2ccc(Cl)cc2C(c2ccccc2F)NC3)cc1OC. The van der Waals surface area contributed by atoms with Crippen LogP contribution in [0.1, 0.15) is 22.7 Å². The molecule has 5 rings (SSSR count). The third kappa shape index (κ3) is 4.16. The molecule has 1 aliphatic rings. The van der Waals surface area contributed by atoms with Crippen molar-refractivity contribution in [2.75, 3.05) is 19.5 Å². The van der Waals surface area contributed by atoms with Crippen molar-refractivity contribution in [3.8, 4) is 22.8 Å². The molecule has 0 spiro atoms. The highest BCUT2D eigenvalue weighted by Crippen LogP contribution is 2.38. The molecule has 0 aliphatic carbocycles. The van der Waals surface area contributed by atoms with Gasteiger partial charge in [-0.1, -0.05) is 35.9 Å². The summed E-state index contributed by atoms with van der Waals surface area (Å²) in [4.78, 5) is 9.32. The van der Waals surface area contributed by atoms with Crippen molar-refractivity contribution in [3.63, 3.8) is 0 Å². The van der Waals surface area contributed by atoms with Crippen molar-refractivity contribution in [1.29, 1.82) is 0 Å². The molecule has 4 aromatic rings. The van der Waals surface area contributed by atoms with Gasteiger partial charge in [0.2, 0.25) is 5.95 Å². The summed E-state index contributed by atoms with van der Waals surface area (Å²) in [5.74, 6) is 1.38. The van der Waals surface area contributed by atoms with Gasteiger partial charge < -0.3 is 20.1 Å². The lowest BCUT2D eigenvalue weighted by Gasteiger charge is -2.20. The van der Waals surface area contributed by atoms with Crippen LogP contribution in [0.15, 0.2) is 66.9 Å². The second-order valence-electron chi connectivity index (χ2n) is 7.83. The second kappa shape index (κ2) is 9.29. The number of methoxy groups -OCH3 is 2. The van der Waals surface area contributed by atoms with Crippen LogP contribution in [0.5, 0.6) is 11.5 Å². The number of hydrogen-bond acceptors (Lipinski definition) is 6. The van der Waals surface area contributed by atoms with E-state index in [1.54, 1.807) is 32.5 Å². The topological polar surface area (TPSA) is 68.3 Å². The Morgan fingerprint density at radius 3 is 2.62 bits per heavy atom. The molecule has 0 saturated heterocycles. The van der Waals surface area contributed by atoms with Gasteiger partial charge in [-0.05, 0) is 35.9 Å². The van der Waals surface area contributed by atoms with Crippen molar-refractivity contribution in [1.82, 2.24) is 15.3 Å². The van der Waals surface area contributed by atoms with E-state index in [0.29, 0.717) is 34.6 Å². The Hall–Kier alpha value is -3.68. The Morgan fingerprint density at radius 2 is 1.82 bits per heavy atom. The summed E-state index contributed by atoms with van der Waals surface area (Å²) < 4.78 is 25.4. The van der Waals surface area contributed by atoms with E-state index in [1.165, 1.54) is 6.07 Å². The monoisotopic (exact) mass is 476 g/mol. The van der Waals surface area contributed by atoms with Crippen molar-refractivity contribution in [2.45, 2.75) is 12.6 Å². The van der Waals surface area contributed by atoms with Crippen LogP contribution in [0.25, 0.3) is 11.3 Å². The predicted molar refractivity (Wildman–Crippen MR) is 130 cm³/mol. The summed E-state index contributed by atoms with van der Waals surface area (Å²) in [6, 6.07) is 17.5. The highest BCUT2D eigenvalue weighted by Gasteiger charge is 2.26. The normalized spacial score (nSPS) is 14.5. The smallest absolute Gasteiger partial charge is 0.227 e. The lowest BCUT2D eigenvalue weighted by Crippen LogP contribution is -2.21. The molecule has 1 unspecified atom stereocenters. The van der Waals surface area contributed by atoms with Crippen molar-refractivity contribution < 1.29 is 13.9 Å². The number of fused-ring (bicyclic) bond motifs is 3. The Morgan fingerprint density at radius 1 is 1.00 bits per heavy atom. The van der Waals surface area contributed by atoms with Crippen LogP contribution in [-0.2, 0) is 6.54 Å². The Balaban J connectivity index is 1.56. The number of aromatic nitrogens is 2. The second-order valence-corrected chi connectivity index (χ2v) is 8.27. The Bertz CT molecular complexity index is 1360. The van der Waals surface area contributed by atoms with E-state index in [0.717, 1.165) is 28.1 Å². The molecular formula is C26H22ClFN4O2. The maximum Gasteiger partial charge on any atom is 0.227 e. The number of anilines is 2. The lowest BCUT2D eigenvalue weighted by molar-refractivity contribution is 0.355. The van der Waals surface area contributed by atoms with E-state index in [1.807, 2.05) is 42.5 Å². The van der Waals surface area contributed by atoms with Crippen molar-refractivity contribution >= 4 is 23.2 Å². The van der Waals surface area contributed by atoms with Crippen LogP contribution in [0.3, 0.4) is 0 Å². The van der Waals surface area contributed by atoms with E-state index in [9.17, 15) is 4.39 Å². The molecule has 0 radical (unpaired) electrons. The quantitative estimate of drug-likeness (QED) is 0.374. The zero-order valence-corrected chi connectivity index (χ0v) is 19.4. The summed E-state index contributed by atoms with van der Waals surface area (Å²) in [5, 5.41) is 7.25. The van der Waals surface area contributed by atoms with E-state index in [4.69, 9.17) is 26.1 Å². The molecule has 0 bridgehead atoms. The number of halogens is 2. The standard InChI is InChI=1S/C26H22ClFN4O2/c1-33-22-10-8-17(12-23(22)34-2)31-26-30-14-15-13-29-25(19-5-3-4-6-21(19)28)20-11-16(27)7-9-18(20)24(15)32-26/h3-12,14,25,29H,13H2,1-2H3,(H,30,31,32). The molecule has 2 N–H and O–H groups in total. The van der Waals surface area contributed by atoms with Gasteiger partial charge >= 0.3 is 0 Å². The van der Waals surface area contributed by atoms with Gasteiger partial charge in [-0.2, -0.15) is 0 Å². The van der Waals surface area contributed by atoms with Gasteiger partial charge in [-0.3, -0.25) is 0 Å². The summed E-state index contributed by atoms with van der Waals surface area (Å²) in [5.41, 5.74) is 4.69. The molecule has 0 fully saturated rings. The maximum absolute atomic E-state index is 14.7. The van der Waals surface area contributed by atoms with Crippen LogP contribution < -0.4 is 20.1 Å². The van der Waals surface area contributed by atoms with Crippen LogP contribution in [0.4, 0.5) is 16.0 Å². The fourth-order valence-corrected chi connectivity index (χ4v) is 4.35. The summed E-state index contributed by atoms with van der Waals surface area (Å²) >= 11 is 6.35. The van der Waals surface area contributed by atoms with Crippen molar-refractivity contribution in [3.05, 3.63) is 94.4 Å². The lowest BCUT2D eigenvalue weighted by atomic mass is 9.93. The molecule has 8 heteroatoms. The van der Waals surface area contributed by atoms with Crippen LogP contribution in [0, 0.1) is 5.82 Å². The molecule has 34 heavy (non-hydrogen) atoms. The number of benzene rings is 3. The number of nitrogens with one attached hydrogen (secondary N) is 2. The first kappa shape index (κ1) is 22.1. The van der Waals surface area contributed by atoms with Gasteiger partial charge in [0.15, 0.2) is 11.5 Å². The average Bonchev–Trinajstić information content (AvgIpc) is 3.00. The molecule has 0 saturated carbocycles. The molecule has 1 atom stereocenters. The largest absolute Gasteiger partial charge is 0.493 e. The Labute approximate surface area is 201 Å². The van der Waals surface area contributed by atoms with E-state index in [-0.39, 0.29) is 11.9 Å². The third-order valence-electron chi connectivity index (χ3n) is 5.80. The molecule has 2 heterocycles.